The van der Waals surface area contributed by atoms with E-state index in [4.69, 9.17) is 19.5 Å². The Kier molecular flexibility index (Phi) is 17.4. The van der Waals surface area contributed by atoms with Crippen molar-refractivity contribution in [2.24, 2.45) is 11.3 Å². The molecule has 0 radical (unpaired) electrons. The predicted octanol–water partition coefficient (Wildman–Crippen LogP) is 1.03. The lowest BCUT2D eigenvalue weighted by Crippen LogP contribution is -2.46. The van der Waals surface area contributed by atoms with E-state index in [1.54, 1.807) is 0 Å². The number of hydrogen-bond donors (Lipinski definition) is 9. The zero-order chi connectivity index (χ0) is 42.9. The first kappa shape index (κ1) is 48.2. The maximum absolute atomic E-state index is 12.7. The molecule has 1 aliphatic carbocycles. The van der Waals surface area contributed by atoms with E-state index in [1.807, 2.05) is 0 Å². The summed E-state index contributed by atoms with van der Waals surface area (Å²) in [6.07, 6.45) is 0.536. The van der Waals surface area contributed by atoms with Crippen LogP contribution in [0, 0.1) is 11.3 Å². The Balaban J connectivity index is 1.19. The van der Waals surface area contributed by atoms with Crippen molar-refractivity contribution in [2.75, 3.05) is 37.8 Å². The highest BCUT2D eigenvalue weighted by Crippen LogP contribution is 2.61. The van der Waals surface area contributed by atoms with Crippen molar-refractivity contribution in [3.05, 3.63) is 12.7 Å². The van der Waals surface area contributed by atoms with Crippen molar-refractivity contribution in [2.45, 2.75) is 95.9 Å². The molecule has 1 saturated carbocycles. The highest BCUT2D eigenvalue weighted by atomic mass is 32.2. The number of amides is 2. The number of ether oxygens (including phenoxy) is 1. The first-order valence-corrected chi connectivity index (χ1v) is 23.6. The van der Waals surface area contributed by atoms with Gasteiger partial charge in [-0.15, -0.1) is 0 Å². The van der Waals surface area contributed by atoms with E-state index >= 15 is 0 Å². The molecule has 1 aliphatic heterocycles. The predicted molar refractivity (Wildman–Crippen MR) is 203 cm³/mol. The molecule has 58 heavy (non-hydrogen) atoms. The monoisotopic (exact) mass is 905 g/mol. The molecule has 7 unspecified atom stereocenters. The number of phosphoric ester groups is 3. The topological polar surface area (TPSA) is 364 Å². The van der Waals surface area contributed by atoms with Crippen LogP contribution in [-0.4, -0.2) is 123 Å². The lowest BCUT2D eigenvalue weighted by atomic mass is 9.86. The van der Waals surface area contributed by atoms with E-state index in [-0.39, 0.29) is 41.6 Å². The summed E-state index contributed by atoms with van der Waals surface area (Å²) in [5.74, 6) is -0.407. The molecule has 7 atom stereocenters. The number of nitrogens with zero attached hydrogens (tertiary/aromatic N) is 4. The fourth-order valence-corrected chi connectivity index (χ4v) is 9.69. The van der Waals surface area contributed by atoms with Crippen molar-refractivity contribution in [3.8, 4) is 0 Å². The van der Waals surface area contributed by atoms with Crippen molar-refractivity contribution in [1.82, 2.24) is 30.2 Å². The van der Waals surface area contributed by atoms with E-state index in [0.717, 1.165) is 35.4 Å². The Labute approximate surface area is 336 Å². The summed E-state index contributed by atoms with van der Waals surface area (Å²) in [5, 5.41) is 26.6. The first-order valence-electron chi connectivity index (χ1n) is 18.1. The SMILES string of the molecule is CC(C)(COP(=O)(O)OP(=O)(O)OCC1OC(n2cnc3c(N)ncnc32)C(O)C1OP(=O)(O)O)C(O)C(=O)NCCC(=O)NCCSC(=O)CCC1CCCCC1. The molecule has 0 spiro atoms. The zero-order valence-electron chi connectivity index (χ0n) is 31.6. The average Bonchev–Trinajstić information content (AvgIpc) is 3.71. The van der Waals surface area contributed by atoms with Crippen molar-refractivity contribution < 1.29 is 80.5 Å². The minimum atomic E-state index is -5.57. The number of fused-ring (bicyclic) bond motifs is 1. The number of carbonyl (C=O) groups is 3. The summed E-state index contributed by atoms with van der Waals surface area (Å²) in [7, 11) is -16.4. The van der Waals surface area contributed by atoms with Gasteiger partial charge >= 0.3 is 23.5 Å². The number of nitrogen functional groups attached to an aromatic ring is 1. The second kappa shape index (κ2) is 20.9. The van der Waals surface area contributed by atoms with Gasteiger partial charge in [-0.1, -0.05) is 57.7 Å². The summed E-state index contributed by atoms with van der Waals surface area (Å²) < 4.78 is 62.2. The molecular formula is C30H50N7O17P3S. The molecule has 2 aromatic heterocycles. The van der Waals surface area contributed by atoms with Gasteiger partial charge in [0, 0.05) is 37.1 Å². The van der Waals surface area contributed by atoms with Crippen molar-refractivity contribution in [3.63, 3.8) is 0 Å². The minimum absolute atomic E-state index is 0.0335. The molecule has 2 aliphatic rings. The molecule has 3 heterocycles. The molecule has 0 bridgehead atoms. The summed E-state index contributed by atoms with van der Waals surface area (Å²) in [6.45, 7) is 0.584. The number of rotatable bonds is 22. The Morgan fingerprint density at radius 2 is 1.71 bits per heavy atom. The Bertz CT molecular complexity index is 1880. The molecule has 0 aromatic carbocycles. The minimum Gasteiger partial charge on any atom is -0.386 e. The Hall–Kier alpha value is -2.44. The van der Waals surface area contributed by atoms with Gasteiger partial charge in [-0.25, -0.2) is 28.6 Å². The third-order valence-electron chi connectivity index (χ3n) is 9.25. The van der Waals surface area contributed by atoms with Gasteiger partial charge in [0.1, 0.15) is 36.3 Å². The number of carbonyl (C=O) groups excluding carboxylic acids is 3. The summed E-state index contributed by atoms with van der Waals surface area (Å²) in [6, 6.07) is 0. The molecular weight excluding hydrogens is 855 g/mol. The normalized spacial score (nSPS) is 23.2. The smallest absolute Gasteiger partial charge is 0.386 e. The van der Waals surface area contributed by atoms with E-state index in [2.05, 4.69) is 34.4 Å². The third kappa shape index (κ3) is 14.6. The van der Waals surface area contributed by atoms with Crippen LogP contribution in [0.3, 0.4) is 0 Å². The number of hydrogen-bond acceptors (Lipinski definition) is 18. The molecule has 4 rings (SSSR count). The fraction of sp³-hybridized carbons (Fsp3) is 0.733. The summed E-state index contributed by atoms with van der Waals surface area (Å²) in [5.41, 5.74) is 4.28. The van der Waals surface area contributed by atoms with Crippen LogP contribution in [-0.2, 0) is 50.7 Å². The van der Waals surface area contributed by atoms with E-state index in [0.29, 0.717) is 18.1 Å². The maximum Gasteiger partial charge on any atom is 0.481 e. The van der Waals surface area contributed by atoms with Crippen LogP contribution in [0.2, 0.25) is 0 Å². The number of nitrogens with two attached hydrogens (primary N) is 1. The van der Waals surface area contributed by atoms with Gasteiger partial charge in [0.2, 0.25) is 11.8 Å². The Morgan fingerprint density at radius 3 is 2.40 bits per heavy atom. The van der Waals surface area contributed by atoms with Crippen LogP contribution in [0.15, 0.2) is 12.7 Å². The van der Waals surface area contributed by atoms with Gasteiger partial charge in [0.25, 0.3) is 0 Å². The summed E-state index contributed by atoms with van der Waals surface area (Å²) in [4.78, 5) is 87.9. The lowest BCUT2D eigenvalue weighted by Gasteiger charge is -2.30. The van der Waals surface area contributed by atoms with Gasteiger partial charge in [-0.05, 0) is 12.3 Å². The number of aromatic nitrogens is 4. The highest BCUT2D eigenvalue weighted by molar-refractivity contribution is 8.13. The second-order valence-corrected chi connectivity index (χ2v) is 19.7. The quantitative estimate of drug-likeness (QED) is 0.0588. The number of aliphatic hydroxyl groups excluding tert-OH is 2. The molecule has 28 heteroatoms. The van der Waals surface area contributed by atoms with Gasteiger partial charge in [0.05, 0.1) is 19.5 Å². The molecule has 328 valence electrons. The van der Waals surface area contributed by atoms with Crippen molar-refractivity contribution in [1.29, 1.82) is 0 Å². The molecule has 10 N–H and O–H groups in total. The van der Waals surface area contributed by atoms with Gasteiger partial charge in [0.15, 0.2) is 22.8 Å². The molecule has 2 amide bonds. The van der Waals surface area contributed by atoms with Gasteiger partial charge in [-0.2, -0.15) is 4.31 Å². The van der Waals surface area contributed by atoms with Crippen LogP contribution in [0.4, 0.5) is 5.82 Å². The Morgan fingerprint density at radius 1 is 1.02 bits per heavy atom. The maximum atomic E-state index is 12.7. The molecule has 2 aromatic rings. The zero-order valence-corrected chi connectivity index (χ0v) is 35.1. The number of thioether (sulfide) groups is 1. The molecule has 24 nitrogen and oxygen atoms in total. The van der Waals surface area contributed by atoms with Crippen LogP contribution in [0.5, 0.6) is 0 Å². The number of imidazole rings is 1. The standard InChI is InChI=1S/C30H50N7O17P3S/c1-30(2,25(41)28(42)33-11-10-20(38)32-12-13-58-21(39)9-8-18-6-4-3-5-7-18)15-51-57(48,49)54-56(46,47)50-14-19-24(53-55(43,44)45)23(40)29(52-19)37-17-36-22-26(31)34-16-35-27(22)37/h16-19,23-25,29,40-41H,3-15H2,1-2H3,(H,32,38)(H,33,42)(H,46,47)(H,48,49)(H2,31,34,35)(H2,43,44,45). The van der Waals surface area contributed by atoms with Crippen molar-refractivity contribution >= 4 is 69.1 Å². The third-order valence-corrected chi connectivity index (χ3v) is 13.3. The first-order chi connectivity index (χ1) is 27.1. The van der Waals surface area contributed by atoms with Crippen LogP contribution in [0.1, 0.15) is 71.4 Å². The van der Waals surface area contributed by atoms with Crippen LogP contribution >= 0.6 is 35.2 Å². The largest absolute Gasteiger partial charge is 0.481 e. The number of aliphatic hydroxyl groups is 2. The number of phosphoric acid groups is 3. The van der Waals surface area contributed by atoms with Crippen LogP contribution in [0.25, 0.3) is 11.2 Å². The summed E-state index contributed by atoms with van der Waals surface area (Å²) >= 11 is 1.16. The van der Waals surface area contributed by atoms with E-state index in [1.165, 1.54) is 46.0 Å². The second-order valence-electron chi connectivity index (χ2n) is 14.3. The average molecular weight is 906 g/mol. The molecule has 2 fully saturated rings. The highest BCUT2D eigenvalue weighted by Gasteiger charge is 2.50. The van der Waals surface area contributed by atoms with E-state index in [9.17, 15) is 57.9 Å². The van der Waals surface area contributed by atoms with Gasteiger partial charge < -0.3 is 50.9 Å². The fourth-order valence-electron chi connectivity index (χ4n) is 6.17. The number of anilines is 1. The van der Waals surface area contributed by atoms with Crippen LogP contribution < -0.4 is 16.4 Å². The number of nitrogens with one attached hydrogen (secondary N) is 2. The molecule has 1 saturated heterocycles. The van der Waals surface area contributed by atoms with E-state index < -0.39 is 84.6 Å². The van der Waals surface area contributed by atoms with Gasteiger partial charge in [-0.3, -0.25) is 32.5 Å². The lowest BCUT2D eigenvalue weighted by molar-refractivity contribution is -0.137.